The smallest absolute Gasteiger partial charge is 0.176 e. The van der Waals surface area contributed by atoms with E-state index in [2.05, 4.69) is 12.1 Å². The topological polar surface area (TPSA) is 70.0 Å². The summed E-state index contributed by atoms with van der Waals surface area (Å²) in [4.78, 5) is 14.4. The first-order valence-electron chi connectivity index (χ1n) is 9.61. The molecule has 5 nitrogen and oxygen atoms in total. The third-order valence-electron chi connectivity index (χ3n) is 5.84. The summed E-state index contributed by atoms with van der Waals surface area (Å²) in [5.74, 6) is -1.46. The Balaban J connectivity index is 1.39. The van der Waals surface area contributed by atoms with Gasteiger partial charge in [0.05, 0.1) is 25.4 Å². The first-order chi connectivity index (χ1) is 13.4. The second kappa shape index (κ2) is 7.62. The van der Waals surface area contributed by atoms with Gasteiger partial charge in [0.25, 0.3) is 0 Å². The van der Waals surface area contributed by atoms with Gasteiger partial charge in [-0.1, -0.05) is 18.2 Å². The summed E-state index contributed by atoms with van der Waals surface area (Å²) in [7, 11) is 0. The zero-order chi connectivity index (χ0) is 19.7. The van der Waals surface area contributed by atoms with Crippen molar-refractivity contribution in [2.24, 2.45) is 0 Å². The van der Waals surface area contributed by atoms with Gasteiger partial charge in [-0.05, 0) is 54.2 Å². The highest BCUT2D eigenvalue weighted by atomic mass is 19.1. The average Bonchev–Trinajstić information content (AvgIpc) is 2.71. The number of ketones is 1. The number of halogens is 1. The Kier molecular flexibility index (Phi) is 5.19. The van der Waals surface area contributed by atoms with E-state index in [9.17, 15) is 19.4 Å². The lowest BCUT2D eigenvalue weighted by molar-refractivity contribution is -0.0247. The lowest BCUT2D eigenvalue weighted by atomic mass is 9.82. The maximum Gasteiger partial charge on any atom is 0.176 e. The third-order valence-corrected chi connectivity index (χ3v) is 5.84. The number of likely N-dealkylation sites (tertiary alicyclic amines) is 1. The number of hydrogen-bond donors (Lipinski definition) is 2. The summed E-state index contributed by atoms with van der Waals surface area (Å²) in [5, 5.41) is 20.4. The Labute approximate surface area is 163 Å². The Bertz CT molecular complexity index is 890. The molecule has 2 aromatic carbocycles. The highest BCUT2D eigenvalue weighted by Crippen LogP contribution is 2.34. The number of nitrogens with zero attached hydrogens (tertiary/aromatic N) is 1. The van der Waals surface area contributed by atoms with E-state index in [1.54, 1.807) is 0 Å². The molecule has 2 heterocycles. The normalized spacial score (nSPS) is 19.2. The molecule has 0 amide bonds. The van der Waals surface area contributed by atoms with E-state index in [1.807, 2.05) is 11.0 Å². The van der Waals surface area contributed by atoms with E-state index in [1.165, 1.54) is 17.7 Å². The van der Waals surface area contributed by atoms with Crippen LogP contribution in [0.5, 0.6) is 5.75 Å². The first-order valence-corrected chi connectivity index (χ1v) is 9.61. The Hall–Kier alpha value is -2.28. The van der Waals surface area contributed by atoms with Crippen LogP contribution < -0.4 is 0 Å². The molecule has 0 aliphatic carbocycles. The summed E-state index contributed by atoms with van der Waals surface area (Å²) in [6.07, 6.45) is 1.97. The highest BCUT2D eigenvalue weighted by Gasteiger charge is 2.35. The number of carbonyl (C=O) groups is 1. The van der Waals surface area contributed by atoms with Crippen LogP contribution in [-0.2, 0) is 23.4 Å². The predicted octanol–water partition coefficient (Wildman–Crippen LogP) is 2.77. The zero-order valence-electron chi connectivity index (χ0n) is 15.7. The van der Waals surface area contributed by atoms with Crippen LogP contribution in [0.2, 0.25) is 0 Å². The van der Waals surface area contributed by atoms with Crippen LogP contribution in [0.4, 0.5) is 4.39 Å². The number of piperidine rings is 1. The number of ether oxygens (including phenoxy) is 1. The number of rotatable bonds is 4. The van der Waals surface area contributed by atoms with Gasteiger partial charge in [0.1, 0.15) is 0 Å². The van der Waals surface area contributed by atoms with Crippen LogP contribution in [-0.4, -0.2) is 47.1 Å². The number of benzene rings is 2. The number of Topliss-reactive ketones (excluding diaryl/α,β-unsaturated/α-hetero) is 1. The van der Waals surface area contributed by atoms with Crippen LogP contribution in [0.1, 0.15) is 39.9 Å². The minimum absolute atomic E-state index is 0.165. The third kappa shape index (κ3) is 3.81. The minimum atomic E-state index is -0.906. The van der Waals surface area contributed by atoms with Gasteiger partial charge in [-0.25, -0.2) is 4.39 Å². The fourth-order valence-electron chi connectivity index (χ4n) is 4.00. The molecule has 0 radical (unpaired) electrons. The number of fused-ring (bicyclic) bond motifs is 1. The molecule has 28 heavy (non-hydrogen) atoms. The van der Waals surface area contributed by atoms with E-state index >= 15 is 0 Å². The van der Waals surface area contributed by atoms with E-state index < -0.39 is 17.2 Å². The molecular formula is C22H24FNO4. The van der Waals surface area contributed by atoms with Gasteiger partial charge < -0.3 is 14.9 Å². The van der Waals surface area contributed by atoms with Crippen molar-refractivity contribution in [2.75, 3.05) is 26.2 Å². The van der Waals surface area contributed by atoms with Gasteiger partial charge in [-0.3, -0.25) is 9.69 Å². The van der Waals surface area contributed by atoms with Gasteiger partial charge in [0, 0.05) is 18.7 Å². The molecule has 6 heteroatoms. The second-order valence-electron chi connectivity index (χ2n) is 7.68. The number of phenols is 1. The van der Waals surface area contributed by atoms with E-state index in [4.69, 9.17) is 4.74 Å². The van der Waals surface area contributed by atoms with Gasteiger partial charge in [-0.15, -0.1) is 0 Å². The van der Waals surface area contributed by atoms with Crippen molar-refractivity contribution in [1.82, 2.24) is 4.90 Å². The van der Waals surface area contributed by atoms with Gasteiger partial charge in [-0.2, -0.15) is 0 Å². The average molecular weight is 385 g/mol. The second-order valence-corrected chi connectivity index (χ2v) is 7.68. The van der Waals surface area contributed by atoms with E-state index in [0.29, 0.717) is 32.5 Å². The van der Waals surface area contributed by atoms with Crippen molar-refractivity contribution in [1.29, 1.82) is 0 Å². The number of aromatic hydroxyl groups is 1. The Morgan fingerprint density at radius 2 is 1.93 bits per heavy atom. The molecular weight excluding hydrogens is 361 g/mol. The molecule has 4 rings (SSSR count). The molecule has 2 aliphatic rings. The summed E-state index contributed by atoms with van der Waals surface area (Å²) < 4.78 is 19.0. The Morgan fingerprint density at radius 1 is 1.14 bits per heavy atom. The van der Waals surface area contributed by atoms with Crippen molar-refractivity contribution < 1.29 is 24.1 Å². The van der Waals surface area contributed by atoms with E-state index in [-0.39, 0.29) is 17.9 Å². The Morgan fingerprint density at radius 3 is 2.68 bits per heavy atom. The molecule has 0 atom stereocenters. The fraction of sp³-hybridized carbons (Fsp3) is 0.409. The maximum absolute atomic E-state index is 13.5. The van der Waals surface area contributed by atoms with Gasteiger partial charge in [0.15, 0.2) is 17.3 Å². The molecule has 2 aliphatic heterocycles. The monoisotopic (exact) mass is 385 g/mol. The SMILES string of the molecule is O=C(CN1CCC(O)(c2ccc3c(c2)COCC3)CC1)c1ccc(O)c(F)c1. The maximum atomic E-state index is 13.5. The molecule has 0 aromatic heterocycles. The van der Waals surface area contributed by atoms with Crippen LogP contribution in [0.3, 0.4) is 0 Å². The summed E-state index contributed by atoms with van der Waals surface area (Å²) >= 11 is 0. The molecule has 0 saturated carbocycles. The number of phenolic OH excluding ortho intramolecular Hbond substituents is 1. The van der Waals surface area contributed by atoms with Crippen LogP contribution in [0.15, 0.2) is 36.4 Å². The predicted molar refractivity (Wildman–Crippen MR) is 102 cm³/mol. The quantitative estimate of drug-likeness (QED) is 0.792. The van der Waals surface area contributed by atoms with Gasteiger partial charge in [0.2, 0.25) is 0 Å². The molecule has 0 unspecified atom stereocenters. The summed E-state index contributed by atoms with van der Waals surface area (Å²) in [5.41, 5.74) is 2.66. The lowest BCUT2D eigenvalue weighted by Crippen LogP contribution is -2.44. The highest BCUT2D eigenvalue weighted by molar-refractivity contribution is 5.97. The first kappa shape index (κ1) is 19.1. The van der Waals surface area contributed by atoms with Crippen molar-refractivity contribution in [2.45, 2.75) is 31.5 Å². The minimum Gasteiger partial charge on any atom is -0.505 e. The summed E-state index contributed by atoms with van der Waals surface area (Å²) in [6.45, 7) is 2.65. The van der Waals surface area contributed by atoms with Crippen molar-refractivity contribution in [3.8, 4) is 5.75 Å². The molecule has 0 spiro atoms. The molecule has 148 valence electrons. The fourth-order valence-corrected chi connectivity index (χ4v) is 4.00. The van der Waals surface area contributed by atoms with Crippen LogP contribution in [0.25, 0.3) is 0 Å². The molecule has 1 fully saturated rings. The number of aliphatic hydroxyl groups is 1. The largest absolute Gasteiger partial charge is 0.505 e. The number of carbonyl (C=O) groups excluding carboxylic acids is 1. The van der Waals surface area contributed by atoms with Crippen molar-refractivity contribution in [3.05, 3.63) is 64.5 Å². The van der Waals surface area contributed by atoms with Crippen molar-refractivity contribution >= 4 is 5.78 Å². The molecule has 2 N–H and O–H groups in total. The standard InChI is InChI=1S/C22H24FNO4/c23-19-12-16(2-4-20(19)25)21(26)13-24-8-6-22(27,7-9-24)18-3-1-15-5-10-28-14-17(15)11-18/h1-4,11-12,25,27H,5-10,13-14H2. The number of hydrogen-bond acceptors (Lipinski definition) is 5. The molecule has 1 saturated heterocycles. The zero-order valence-corrected chi connectivity index (χ0v) is 15.7. The molecule has 2 aromatic rings. The van der Waals surface area contributed by atoms with Crippen molar-refractivity contribution in [3.63, 3.8) is 0 Å². The van der Waals surface area contributed by atoms with Crippen LogP contribution in [0, 0.1) is 5.82 Å². The lowest BCUT2D eigenvalue weighted by Gasteiger charge is -2.38. The van der Waals surface area contributed by atoms with Gasteiger partial charge >= 0.3 is 0 Å². The van der Waals surface area contributed by atoms with E-state index in [0.717, 1.165) is 30.2 Å². The van der Waals surface area contributed by atoms with Crippen LogP contribution >= 0.6 is 0 Å². The molecule has 0 bridgehead atoms. The summed E-state index contributed by atoms with van der Waals surface area (Å²) in [6, 6.07) is 9.82.